The molecule has 1 amide bonds. The van der Waals surface area contributed by atoms with E-state index < -0.39 is 5.97 Å². The third-order valence-corrected chi connectivity index (χ3v) is 2.84. The average molecular weight is 214 g/mol. The van der Waals surface area contributed by atoms with E-state index >= 15 is 0 Å². The lowest BCUT2D eigenvalue weighted by molar-refractivity contribution is -0.143. The Balaban J connectivity index is 2.64. The van der Waals surface area contributed by atoms with Gasteiger partial charge in [0.1, 0.15) is 0 Å². The Hall–Kier alpha value is -1.10. The molecule has 1 aliphatic heterocycles. The van der Waals surface area contributed by atoms with Gasteiger partial charge in [-0.15, -0.1) is 0 Å². The van der Waals surface area contributed by atoms with Crippen LogP contribution in [0.2, 0.25) is 0 Å². The fourth-order valence-electron chi connectivity index (χ4n) is 1.97. The van der Waals surface area contributed by atoms with Crippen molar-refractivity contribution in [2.75, 3.05) is 20.6 Å². The molecule has 0 aromatic carbocycles. The van der Waals surface area contributed by atoms with Crippen molar-refractivity contribution in [3.05, 3.63) is 0 Å². The maximum atomic E-state index is 11.6. The van der Waals surface area contributed by atoms with Gasteiger partial charge in [0.2, 0.25) is 5.91 Å². The van der Waals surface area contributed by atoms with Gasteiger partial charge in [0.05, 0.1) is 12.7 Å². The lowest BCUT2D eigenvalue weighted by atomic mass is 10.2. The van der Waals surface area contributed by atoms with Crippen molar-refractivity contribution in [1.29, 1.82) is 0 Å². The highest BCUT2D eigenvalue weighted by Gasteiger charge is 2.26. The molecule has 1 saturated heterocycles. The number of amides is 1. The fourth-order valence-corrected chi connectivity index (χ4v) is 1.97. The van der Waals surface area contributed by atoms with Crippen molar-refractivity contribution in [2.24, 2.45) is 0 Å². The molecule has 5 nitrogen and oxygen atoms in total. The smallest absolute Gasteiger partial charge is 0.317 e. The molecule has 1 atom stereocenters. The van der Waals surface area contributed by atoms with Crippen LogP contribution in [0.3, 0.4) is 0 Å². The van der Waals surface area contributed by atoms with Gasteiger partial charge < -0.3 is 10.0 Å². The maximum Gasteiger partial charge on any atom is 0.317 e. The molecule has 0 aromatic rings. The maximum absolute atomic E-state index is 11.6. The number of carbonyl (C=O) groups excluding carboxylic acids is 1. The molecule has 0 aromatic heterocycles. The van der Waals surface area contributed by atoms with Crippen molar-refractivity contribution in [3.8, 4) is 0 Å². The number of carboxylic acids is 1. The number of likely N-dealkylation sites (N-methyl/N-ethyl adjacent to an activating group) is 1. The summed E-state index contributed by atoms with van der Waals surface area (Å²) in [5.74, 6) is -0.752. The van der Waals surface area contributed by atoms with E-state index in [1.165, 1.54) is 0 Å². The minimum absolute atomic E-state index is 0.0255. The van der Waals surface area contributed by atoms with E-state index in [-0.39, 0.29) is 18.6 Å². The molecular formula is C10H18N2O3. The van der Waals surface area contributed by atoms with E-state index in [4.69, 9.17) is 5.11 Å². The monoisotopic (exact) mass is 214 g/mol. The summed E-state index contributed by atoms with van der Waals surface area (Å²) in [6.07, 6.45) is 3.24. The summed E-state index contributed by atoms with van der Waals surface area (Å²) in [5.41, 5.74) is 0. The van der Waals surface area contributed by atoms with Crippen LogP contribution in [-0.2, 0) is 9.59 Å². The van der Waals surface area contributed by atoms with Crippen LogP contribution >= 0.6 is 0 Å². The molecule has 1 fully saturated rings. The molecule has 1 aliphatic rings. The predicted octanol–water partition coefficient (Wildman–Crippen LogP) is 0.361. The van der Waals surface area contributed by atoms with Crippen LogP contribution in [0.4, 0.5) is 0 Å². The third-order valence-electron chi connectivity index (χ3n) is 2.84. The van der Waals surface area contributed by atoms with Gasteiger partial charge in [-0.3, -0.25) is 14.5 Å². The normalized spacial score (nSPS) is 23.0. The van der Waals surface area contributed by atoms with Crippen LogP contribution in [0.1, 0.15) is 25.7 Å². The van der Waals surface area contributed by atoms with Crippen LogP contribution in [0, 0.1) is 0 Å². The topological polar surface area (TPSA) is 60.9 Å². The molecule has 86 valence electrons. The van der Waals surface area contributed by atoms with Crippen LogP contribution in [0.25, 0.3) is 0 Å². The van der Waals surface area contributed by atoms with Gasteiger partial charge in [0.15, 0.2) is 0 Å². The summed E-state index contributed by atoms with van der Waals surface area (Å²) in [4.78, 5) is 25.5. The zero-order valence-corrected chi connectivity index (χ0v) is 9.27. The SMILES string of the molecule is CN(CC(=O)O)C1CCCCC(=O)N1C. The van der Waals surface area contributed by atoms with E-state index in [9.17, 15) is 9.59 Å². The molecule has 0 saturated carbocycles. The number of likely N-dealkylation sites (tertiary alicyclic amines) is 1. The Morgan fingerprint density at radius 3 is 2.87 bits per heavy atom. The first-order valence-electron chi connectivity index (χ1n) is 5.20. The van der Waals surface area contributed by atoms with Crippen molar-refractivity contribution in [2.45, 2.75) is 31.8 Å². The first kappa shape index (κ1) is 12.0. The van der Waals surface area contributed by atoms with E-state index in [1.54, 1.807) is 23.9 Å². The van der Waals surface area contributed by atoms with Gasteiger partial charge in [0, 0.05) is 13.5 Å². The van der Waals surface area contributed by atoms with E-state index in [0.717, 1.165) is 19.3 Å². The van der Waals surface area contributed by atoms with Crippen LogP contribution in [0.5, 0.6) is 0 Å². The largest absolute Gasteiger partial charge is 0.480 e. The number of rotatable bonds is 3. The first-order chi connectivity index (χ1) is 7.02. The molecule has 1 heterocycles. The predicted molar refractivity (Wildman–Crippen MR) is 55.3 cm³/mol. The standard InChI is InChI=1S/C10H18N2O3/c1-11(7-10(14)15)8-5-3-4-6-9(13)12(8)2/h8H,3-7H2,1-2H3,(H,14,15). The highest BCUT2D eigenvalue weighted by molar-refractivity contribution is 5.76. The van der Waals surface area contributed by atoms with Gasteiger partial charge in [-0.25, -0.2) is 0 Å². The van der Waals surface area contributed by atoms with Crippen molar-refractivity contribution < 1.29 is 14.7 Å². The second-order valence-electron chi connectivity index (χ2n) is 4.04. The Morgan fingerprint density at radius 2 is 2.27 bits per heavy atom. The quantitative estimate of drug-likeness (QED) is 0.737. The number of hydrogen-bond donors (Lipinski definition) is 1. The number of carbonyl (C=O) groups is 2. The minimum Gasteiger partial charge on any atom is -0.480 e. The number of nitrogens with zero attached hydrogens (tertiary/aromatic N) is 2. The average Bonchev–Trinajstić information content (AvgIpc) is 2.29. The Kier molecular flexibility index (Phi) is 4.08. The van der Waals surface area contributed by atoms with Crippen molar-refractivity contribution >= 4 is 11.9 Å². The lowest BCUT2D eigenvalue weighted by Gasteiger charge is -2.33. The van der Waals surface area contributed by atoms with Gasteiger partial charge in [0.25, 0.3) is 0 Å². The molecule has 1 rings (SSSR count). The van der Waals surface area contributed by atoms with Gasteiger partial charge in [-0.2, -0.15) is 0 Å². The molecule has 15 heavy (non-hydrogen) atoms. The number of carboxylic acid groups (broad SMARTS) is 1. The molecule has 5 heteroatoms. The highest BCUT2D eigenvalue weighted by Crippen LogP contribution is 2.18. The minimum atomic E-state index is -0.859. The summed E-state index contributed by atoms with van der Waals surface area (Å²) >= 11 is 0. The molecule has 0 radical (unpaired) electrons. The van der Waals surface area contributed by atoms with Gasteiger partial charge in [-0.05, 0) is 26.3 Å². The number of hydrogen-bond acceptors (Lipinski definition) is 3. The number of aliphatic carboxylic acids is 1. The molecule has 1 unspecified atom stereocenters. The highest BCUT2D eigenvalue weighted by atomic mass is 16.4. The van der Waals surface area contributed by atoms with Gasteiger partial charge >= 0.3 is 5.97 Å². The van der Waals surface area contributed by atoms with Crippen molar-refractivity contribution in [1.82, 2.24) is 9.80 Å². The molecular weight excluding hydrogens is 196 g/mol. The van der Waals surface area contributed by atoms with Gasteiger partial charge in [-0.1, -0.05) is 0 Å². The van der Waals surface area contributed by atoms with Crippen LogP contribution in [0.15, 0.2) is 0 Å². The van der Waals surface area contributed by atoms with Crippen molar-refractivity contribution in [3.63, 3.8) is 0 Å². The summed E-state index contributed by atoms with van der Waals surface area (Å²) in [6, 6.07) is 0. The fraction of sp³-hybridized carbons (Fsp3) is 0.800. The molecule has 0 spiro atoms. The second kappa shape index (κ2) is 5.11. The zero-order valence-electron chi connectivity index (χ0n) is 9.27. The molecule has 1 N–H and O–H groups in total. The Labute approximate surface area is 89.7 Å². The summed E-state index contributed by atoms with van der Waals surface area (Å²) in [5, 5.41) is 8.69. The first-order valence-corrected chi connectivity index (χ1v) is 5.20. The third kappa shape index (κ3) is 3.20. The molecule has 0 bridgehead atoms. The summed E-state index contributed by atoms with van der Waals surface area (Å²) in [6.45, 7) is -0.0255. The van der Waals surface area contributed by atoms with E-state index in [1.807, 2.05) is 0 Å². The lowest BCUT2D eigenvalue weighted by Crippen LogP contribution is -2.48. The van der Waals surface area contributed by atoms with Crippen LogP contribution < -0.4 is 0 Å². The Bertz CT molecular complexity index is 255. The molecule has 0 aliphatic carbocycles. The van der Waals surface area contributed by atoms with E-state index in [2.05, 4.69) is 0 Å². The summed E-state index contributed by atoms with van der Waals surface area (Å²) < 4.78 is 0. The Morgan fingerprint density at radius 1 is 1.60 bits per heavy atom. The zero-order chi connectivity index (χ0) is 11.4. The van der Waals surface area contributed by atoms with Crippen LogP contribution in [-0.4, -0.2) is 53.6 Å². The van der Waals surface area contributed by atoms with E-state index in [0.29, 0.717) is 6.42 Å². The summed E-state index contributed by atoms with van der Waals surface area (Å²) in [7, 11) is 3.49. The second-order valence-corrected chi connectivity index (χ2v) is 4.04.